The van der Waals surface area contributed by atoms with E-state index in [0.29, 0.717) is 0 Å². The minimum absolute atomic E-state index is 1.06. The van der Waals surface area contributed by atoms with Gasteiger partial charge in [0.25, 0.3) is 0 Å². The first-order valence-corrected chi connectivity index (χ1v) is 7.81. The van der Waals surface area contributed by atoms with Gasteiger partial charge in [-0.05, 0) is 30.9 Å². The Kier molecular flexibility index (Phi) is 8.54. The van der Waals surface area contributed by atoms with Gasteiger partial charge in [0.1, 0.15) is 0 Å². The molecule has 0 aromatic carbocycles. The Balaban J connectivity index is 2.07. The van der Waals surface area contributed by atoms with Crippen molar-refractivity contribution in [3.63, 3.8) is 0 Å². The number of pyridine rings is 1. The smallest absolute Gasteiger partial charge is 0.0432 e. The van der Waals surface area contributed by atoms with Crippen molar-refractivity contribution in [3.05, 3.63) is 29.6 Å². The molecule has 0 aliphatic rings. The lowest BCUT2D eigenvalue weighted by molar-refractivity contribution is 0.575. The Bertz CT molecular complexity index is 306. The van der Waals surface area contributed by atoms with Crippen molar-refractivity contribution in [2.24, 2.45) is 0 Å². The van der Waals surface area contributed by atoms with Crippen molar-refractivity contribution in [2.45, 2.75) is 78.1 Å². The third-order valence-electron chi connectivity index (χ3n) is 3.62. The van der Waals surface area contributed by atoms with E-state index in [1.807, 2.05) is 6.20 Å². The van der Waals surface area contributed by atoms with Crippen LogP contribution in [0.2, 0.25) is 0 Å². The molecule has 0 saturated carbocycles. The van der Waals surface area contributed by atoms with E-state index in [0.717, 1.165) is 6.42 Å². The highest BCUT2D eigenvalue weighted by molar-refractivity contribution is 5.19. The average molecular weight is 247 g/mol. The van der Waals surface area contributed by atoms with Gasteiger partial charge in [-0.2, -0.15) is 0 Å². The van der Waals surface area contributed by atoms with Gasteiger partial charge in [-0.15, -0.1) is 0 Å². The summed E-state index contributed by atoms with van der Waals surface area (Å²) >= 11 is 0. The largest absolute Gasteiger partial charge is 0.261 e. The SMILES string of the molecule is CCCCCCCCCCc1cccnc1CC. The molecular weight excluding hydrogens is 218 g/mol. The van der Waals surface area contributed by atoms with Gasteiger partial charge >= 0.3 is 0 Å². The maximum Gasteiger partial charge on any atom is 0.0432 e. The van der Waals surface area contributed by atoms with Crippen molar-refractivity contribution >= 4 is 0 Å². The quantitative estimate of drug-likeness (QED) is 0.509. The van der Waals surface area contributed by atoms with E-state index in [2.05, 4.69) is 31.0 Å². The number of unbranched alkanes of at least 4 members (excludes halogenated alkanes) is 7. The van der Waals surface area contributed by atoms with Crippen LogP contribution in [0.15, 0.2) is 18.3 Å². The minimum atomic E-state index is 1.06. The van der Waals surface area contributed by atoms with Crippen LogP contribution >= 0.6 is 0 Å². The van der Waals surface area contributed by atoms with Crippen LogP contribution in [0.1, 0.15) is 76.5 Å². The zero-order valence-corrected chi connectivity index (χ0v) is 12.3. The molecule has 0 radical (unpaired) electrons. The molecule has 0 aliphatic carbocycles. The maximum atomic E-state index is 4.45. The van der Waals surface area contributed by atoms with Gasteiger partial charge in [0.15, 0.2) is 0 Å². The molecule has 1 heteroatoms. The van der Waals surface area contributed by atoms with Crippen molar-refractivity contribution in [2.75, 3.05) is 0 Å². The lowest BCUT2D eigenvalue weighted by Crippen LogP contribution is -1.96. The highest BCUT2D eigenvalue weighted by atomic mass is 14.7. The number of hydrogen-bond donors (Lipinski definition) is 0. The number of aromatic nitrogens is 1. The maximum absolute atomic E-state index is 4.45. The Morgan fingerprint density at radius 2 is 1.56 bits per heavy atom. The Labute approximate surface area is 113 Å². The molecule has 1 aromatic heterocycles. The van der Waals surface area contributed by atoms with Gasteiger partial charge in [-0.3, -0.25) is 4.98 Å². The van der Waals surface area contributed by atoms with Crippen molar-refractivity contribution in [1.82, 2.24) is 4.98 Å². The zero-order chi connectivity index (χ0) is 13.1. The van der Waals surface area contributed by atoms with Crippen LogP contribution < -0.4 is 0 Å². The van der Waals surface area contributed by atoms with Crippen LogP contribution in [0.3, 0.4) is 0 Å². The molecule has 0 aliphatic heterocycles. The van der Waals surface area contributed by atoms with Crippen LogP contribution in [-0.2, 0) is 12.8 Å². The number of aryl methyl sites for hydroxylation is 2. The van der Waals surface area contributed by atoms with Gasteiger partial charge in [0.05, 0.1) is 0 Å². The fourth-order valence-corrected chi connectivity index (χ4v) is 2.47. The number of rotatable bonds is 10. The number of nitrogens with zero attached hydrogens (tertiary/aromatic N) is 1. The molecule has 1 aromatic rings. The molecular formula is C17H29N. The van der Waals surface area contributed by atoms with E-state index in [-0.39, 0.29) is 0 Å². The van der Waals surface area contributed by atoms with E-state index in [1.165, 1.54) is 69.0 Å². The highest BCUT2D eigenvalue weighted by Crippen LogP contribution is 2.13. The monoisotopic (exact) mass is 247 g/mol. The average Bonchev–Trinajstić information content (AvgIpc) is 2.42. The summed E-state index contributed by atoms with van der Waals surface area (Å²) in [7, 11) is 0. The molecule has 0 atom stereocenters. The predicted molar refractivity (Wildman–Crippen MR) is 79.9 cm³/mol. The van der Waals surface area contributed by atoms with Gasteiger partial charge < -0.3 is 0 Å². The van der Waals surface area contributed by atoms with E-state index in [4.69, 9.17) is 0 Å². The summed E-state index contributed by atoms with van der Waals surface area (Å²) in [6, 6.07) is 4.31. The molecule has 0 amide bonds. The summed E-state index contributed by atoms with van der Waals surface area (Å²) in [5, 5.41) is 0. The Morgan fingerprint density at radius 3 is 2.22 bits per heavy atom. The molecule has 0 bridgehead atoms. The summed E-state index contributed by atoms with van der Waals surface area (Å²) in [5.41, 5.74) is 2.76. The lowest BCUT2D eigenvalue weighted by atomic mass is 10.0. The van der Waals surface area contributed by atoms with Gasteiger partial charge in [0.2, 0.25) is 0 Å². The fourth-order valence-electron chi connectivity index (χ4n) is 2.47. The summed E-state index contributed by atoms with van der Waals surface area (Å²) in [5.74, 6) is 0. The molecule has 1 heterocycles. The molecule has 0 fully saturated rings. The second-order valence-corrected chi connectivity index (χ2v) is 5.19. The molecule has 102 valence electrons. The first-order valence-electron chi connectivity index (χ1n) is 7.81. The summed E-state index contributed by atoms with van der Waals surface area (Å²) in [6.45, 7) is 4.47. The normalized spacial score (nSPS) is 10.8. The lowest BCUT2D eigenvalue weighted by Gasteiger charge is -2.06. The van der Waals surface area contributed by atoms with E-state index >= 15 is 0 Å². The van der Waals surface area contributed by atoms with Gasteiger partial charge in [0, 0.05) is 11.9 Å². The predicted octanol–water partition coefficient (Wildman–Crippen LogP) is 5.33. The molecule has 0 unspecified atom stereocenters. The third kappa shape index (κ3) is 6.18. The van der Waals surface area contributed by atoms with Crippen molar-refractivity contribution < 1.29 is 0 Å². The second kappa shape index (κ2) is 10.1. The Hall–Kier alpha value is -0.850. The minimum Gasteiger partial charge on any atom is -0.261 e. The van der Waals surface area contributed by atoms with Crippen molar-refractivity contribution in [1.29, 1.82) is 0 Å². The molecule has 0 spiro atoms. The molecule has 18 heavy (non-hydrogen) atoms. The topological polar surface area (TPSA) is 12.9 Å². The van der Waals surface area contributed by atoms with Crippen LogP contribution in [0.5, 0.6) is 0 Å². The van der Waals surface area contributed by atoms with Gasteiger partial charge in [-0.25, -0.2) is 0 Å². The Morgan fingerprint density at radius 1 is 0.889 bits per heavy atom. The van der Waals surface area contributed by atoms with Crippen LogP contribution in [0, 0.1) is 0 Å². The van der Waals surface area contributed by atoms with Crippen LogP contribution in [-0.4, -0.2) is 4.98 Å². The van der Waals surface area contributed by atoms with Gasteiger partial charge in [-0.1, -0.05) is 64.9 Å². The fraction of sp³-hybridized carbons (Fsp3) is 0.706. The van der Waals surface area contributed by atoms with Crippen LogP contribution in [0.4, 0.5) is 0 Å². The van der Waals surface area contributed by atoms with Crippen molar-refractivity contribution in [3.8, 4) is 0 Å². The van der Waals surface area contributed by atoms with E-state index in [1.54, 1.807) is 0 Å². The summed E-state index contributed by atoms with van der Waals surface area (Å²) in [6.07, 6.45) is 15.3. The summed E-state index contributed by atoms with van der Waals surface area (Å²) < 4.78 is 0. The highest BCUT2D eigenvalue weighted by Gasteiger charge is 2.00. The van der Waals surface area contributed by atoms with Crippen LogP contribution in [0.25, 0.3) is 0 Å². The first kappa shape index (κ1) is 15.2. The van der Waals surface area contributed by atoms with E-state index in [9.17, 15) is 0 Å². The molecule has 1 nitrogen and oxygen atoms in total. The third-order valence-corrected chi connectivity index (χ3v) is 3.62. The van der Waals surface area contributed by atoms with E-state index < -0.39 is 0 Å². The second-order valence-electron chi connectivity index (χ2n) is 5.19. The molecule has 1 rings (SSSR count). The standard InChI is InChI=1S/C17H29N/c1-3-5-6-7-8-9-10-11-13-16-14-12-15-18-17(16)4-2/h12,14-15H,3-11,13H2,1-2H3. The number of hydrogen-bond acceptors (Lipinski definition) is 1. The summed E-state index contributed by atoms with van der Waals surface area (Å²) in [4.78, 5) is 4.45. The molecule has 0 saturated heterocycles. The molecule has 0 N–H and O–H groups in total. The zero-order valence-electron chi connectivity index (χ0n) is 12.3. The first-order chi connectivity index (χ1) is 8.88.